The number of hydrogen-bond donors (Lipinski definition) is 2. The Balaban J connectivity index is 1.97. The van der Waals surface area contributed by atoms with E-state index in [4.69, 9.17) is 0 Å². The van der Waals surface area contributed by atoms with E-state index in [-0.39, 0.29) is 12.4 Å². The molecular weight excluding hydrogens is 243 g/mol. The van der Waals surface area contributed by atoms with E-state index in [0.29, 0.717) is 11.7 Å². The minimum Gasteiger partial charge on any atom is -0.357 e. The van der Waals surface area contributed by atoms with E-state index in [0.717, 1.165) is 12.5 Å². The second-order valence-corrected chi connectivity index (χ2v) is 4.75. The van der Waals surface area contributed by atoms with Gasteiger partial charge in [0.15, 0.2) is 5.96 Å². The van der Waals surface area contributed by atoms with Gasteiger partial charge in [0, 0.05) is 18.8 Å². The van der Waals surface area contributed by atoms with Gasteiger partial charge in [-0.25, -0.2) is 9.38 Å². The Morgan fingerprint density at radius 3 is 2.95 bits per heavy atom. The molecule has 1 aromatic rings. The number of nitrogens with one attached hydrogen (secondary N) is 2. The van der Waals surface area contributed by atoms with E-state index in [1.807, 2.05) is 6.92 Å². The fourth-order valence-electron chi connectivity index (χ4n) is 2.27. The topological polar surface area (TPSA) is 49.3 Å². The highest BCUT2D eigenvalue weighted by molar-refractivity contribution is 5.80. The molecule has 0 amide bonds. The van der Waals surface area contributed by atoms with Crippen LogP contribution < -0.4 is 10.6 Å². The zero-order valence-corrected chi connectivity index (χ0v) is 11.3. The predicted molar refractivity (Wildman–Crippen MR) is 74.4 cm³/mol. The first-order valence-electron chi connectivity index (χ1n) is 6.94. The van der Waals surface area contributed by atoms with Gasteiger partial charge >= 0.3 is 0 Å². The van der Waals surface area contributed by atoms with Crippen molar-refractivity contribution in [2.24, 2.45) is 4.99 Å². The molecule has 2 rings (SSSR count). The Kier molecular flexibility index (Phi) is 5.12. The van der Waals surface area contributed by atoms with Crippen molar-refractivity contribution in [1.82, 2.24) is 15.6 Å². The standard InChI is InChI=1S/C14H21FN4/c1-2-16-14(19-11-6-3-4-7-11)18-10-13-12(15)8-5-9-17-13/h5,8-9,11H,2-4,6-7,10H2,1H3,(H2,16,18,19). The normalized spacial score (nSPS) is 16.6. The molecule has 1 aliphatic rings. The lowest BCUT2D eigenvalue weighted by atomic mass is 10.2. The molecule has 0 spiro atoms. The van der Waals surface area contributed by atoms with E-state index >= 15 is 0 Å². The summed E-state index contributed by atoms with van der Waals surface area (Å²) in [6, 6.07) is 3.49. The van der Waals surface area contributed by atoms with Gasteiger partial charge in [-0.05, 0) is 31.9 Å². The van der Waals surface area contributed by atoms with Crippen molar-refractivity contribution in [3.63, 3.8) is 0 Å². The van der Waals surface area contributed by atoms with E-state index in [2.05, 4.69) is 20.6 Å². The molecule has 1 saturated carbocycles. The monoisotopic (exact) mass is 264 g/mol. The third kappa shape index (κ3) is 4.19. The molecule has 1 fully saturated rings. The highest BCUT2D eigenvalue weighted by atomic mass is 19.1. The molecule has 1 aliphatic carbocycles. The van der Waals surface area contributed by atoms with Crippen LogP contribution in [-0.4, -0.2) is 23.5 Å². The summed E-state index contributed by atoms with van der Waals surface area (Å²) in [6.07, 6.45) is 6.49. The molecule has 2 N–H and O–H groups in total. The van der Waals surface area contributed by atoms with Crippen LogP contribution in [0, 0.1) is 5.82 Å². The largest absolute Gasteiger partial charge is 0.357 e. The molecule has 0 unspecified atom stereocenters. The van der Waals surface area contributed by atoms with Crippen molar-refractivity contribution >= 4 is 5.96 Å². The van der Waals surface area contributed by atoms with Gasteiger partial charge in [0.1, 0.15) is 5.82 Å². The molecule has 0 aliphatic heterocycles. The molecule has 4 nitrogen and oxygen atoms in total. The van der Waals surface area contributed by atoms with Crippen LogP contribution in [0.15, 0.2) is 23.3 Å². The summed E-state index contributed by atoms with van der Waals surface area (Å²) < 4.78 is 13.5. The van der Waals surface area contributed by atoms with Gasteiger partial charge < -0.3 is 10.6 Å². The summed E-state index contributed by atoms with van der Waals surface area (Å²) in [5.74, 6) is 0.447. The maximum Gasteiger partial charge on any atom is 0.191 e. The quantitative estimate of drug-likeness (QED) is 0.647. The first-order chi connectivity index (χ1) is 9.29. The van der Waals surface area contributed by atoms with E-state index in [9.17, 15) is 4.39 Å². The van der Waals surface area contributed by atoms with Crippen LogP contribution >= 0.6 is 0 Å². The van der Waals surface area contributed by atoms with Gasteiger partial charge in [0.05, 0.1) is 12.2 Å². The van der Waals surface area contributed by atoms with Gasteiger partial charge in [0.25, 0.3) is 0 Å². The van der Waals surface area contributed by atoms with Crippen LogP contribution in [0.2, 0.25) is 0 Å². The zero-order valence-electron chi connectivity index (χ0n) is 11.3. The Morgan fingerprint density at radius 2 is 2.26 bits per heavy atom. The zero-order chi connectivity index (χ0) is 13.5. The highest BCUT2D eigenvalue weighted by Crippen LogP contribution is 2.17. The van der Waals surface area contributed by atoms with E-state index in [1.54, 1.807) is 12.3 Å². The predicted octanol–water partition coefficient (Wildman–Crippen LogP) is 2.22. The summed E-state index contributed by atoms with van der Waals surface area (Å²) in [5, 5.41) is 6.58. The summed E-state index contributed by atoms with van der Waals surface area (Å²) in [5.41, 5.74) is 0.381. The smallest absolute Gasteiger partial charge is 0.191 e. The highest BCUT2D eigenvalue weighted by Gasteiger charge is 2.15. The third-order valence-electron chi connectivity index (χ3n) is 3.26. The minimum absolute atomic E-state index is 0.259. The van der Waals surface area contributed by atoms with Gasteiger partial charge in [-0.2, -0.15) is 0 Å². The average molecular weight is 264 g/mol. The number of nitrogens with zero attached hydrogens (tertiary/aromatic N) is 2. The second-order valence-electron chi connectivity index (χ2n) is 4.75. The van der Waals surface area contributed by atoms with E-state index < -0.39 is 0 Å². The first-order valence-corrected chi connectivity index (χ1v) is 6.94. The lowest BCUT2D eigenvalue weighted by Crippen LogP contribution is -2.42. The molecule has 0 aromatic carbocycles. The van der Waals surface area contributed by atoms with Gasteiger partial charge in [0.2, 0.25) is 0 Å². The summed E-state index contributed by atoms with van der Waals surface area (Å²) in [4.78, 5) is 8.40. The molecule has 0 bridgehead atoms. The summed E-state index contributed by atoms with van der Waals surface area (Å²) >= 11 is 0. The minimum atomic E-state index is -0.303. The fourth-order valence-corrected chi connectivity index (χ4v) is 2.27. The number of pyridine rings is 1. The Labute approximate surface area is 113 Å². The van der Waals surface area contributed by atoms with Crippen molar-refractivity contribution in [2.75, 3.05) is 6.54 Å². The molecule has 0 radical (unpaired) electrons. The van der Waals surface area contributed by atoms with Crippen molar-refractivity contribution in [1.29, 1.82) is 0 Å². The van der Waals surface area contributed by atoms with Crippen LogP contribution in [0.25, 0.3) is 0 Å². The number of aliphatic imine (C=N–C) groups is 1. The molecule has 5 heteroatoms. The Morgan fingerprint density at radius 1 is 1.47 bits per heavy atom. The number of aromatic nitrogens is 1. The molecule has 1 aromatic heterocycles. The first kappa shape index (κ1) is 13.8. The van der Waals surface area contributed by atoms with Crippen molar-refractivity contribution < 1.29 is 4.39 Å². The Hall–Kier alpha value is -1.65. The number of hydrogen-bond acceptors (Lipinski definition) is 2. The Bertz CT molecular complexity index is 427. The SMILES string of the molecule is CCNC(=NCc1ncccc1F)NC1CCCC1. The summed E-state index contributed by atoms with van der Waals surface area (Å²) in [6.45, 7) is 3.07. The molecule has 104 valence electrons. The molecule has 0 saturated heterocycles. The van der Waals surface area contributed by atoms with Crippen molar-refractivity contribution in [2.45, 2.75) is 45.2 Å². The average Bonchev–Trinajstić information content (AvgIpc) is 2.91. The third-order valence-corrected chi connectivity index (χ3v) is 3.26. The van der Waals surface area contributed by atoms with Crippen LogP contribution in [0.1, 0.15) is 38.3 Å². The van der Waals surface area contributed by atoms with Gasteiger partial charge in [-0.3, -0.25) is 4.98 Å². The maximum absolute atomic E-state index is 13.5. The van der Waals surface area contributed by atoms with Crippen molar-refractivity contribution in [3.05, 3.63) is 29.8 Å². The number of halogens is 1. The number of rotatable bonds is 4. The molecule has 1 heterocycles. The fraction of sp³-hybridized carbons (Fsp3) is 0.571. The molecule has 0 atom stereocenters. The van der Waals surface area contributed by atoms with Crippen LogP contribution in [0.4, 0.5) is 4.39 Å². The van der Waals surface area contributed by atoms with E-state index in [1.165, 1.54) is 31.7 Å². The summed E-state index contributed by atoms with van der Waals surface area (Å²) in [7, 11) is 0. The molecular formula is C14H21FN4. The van der Waals surface area contributed by atoms with Gasteiger partial charge in [-0.1, -0.05) is 12.8 Å². The lowest BCUT2D eigenvalue weighted by molar-refractivity contribution is 0.595. The number of guanidine groups is 1. The van der Waals surface area contributed by atoms with Crippen LogP contribution in [-0.2, 0) is 6.54 Å². The van der Waals surface area contributed by atoms with Gasteiger partial charge in [-0.15, -0.1) is 0 Å². The molecule has 19 heavy (non-hydrogen) atoms. The van der Waals surface area contributed by atoms with Crippen LogP contribution in [0.5, 0.6) is 0 Å². The maximum atomic E-state index is 13.5. The second kappa shape index (κ2) is 7.07. The lowest BCUT2D eigenvalue weighted by Gasteiger charge is -2.16. The van der Waals surface area contributed by atoms with Crippen molar-refractivity contribution in [3.8, 4) is 0 Å². The van der Waals surface area contributed by atoms with Crippen LogP contribution in [0.3, 0.4) is 0 Å².